The van der Waals surface area contributed by atoms with Crippen LogP contribution in [-0.2, 0) is 14.3 Å². The number of nitrogens with zero attached hydrogens (tertiary/aromatic N) is 1. The molecule has 1 aromatic carbocycles. The highest BCUT2D eigenvalue weighted by molar-refractivity contribution is 5.89. The molecule has 1 saturated carbocycles. The quantitative estimate of drug-likeness (QED) is 0.331. The summed E-state index contributed by atoms with van der Waals surface area (Å²) in [4.78, 5) is 28.6. The number of carbonyl (C=O) groups is 2. The molecular formula is C26H37NO6. The first-order chi connectivity index (χ1) is 16.0. The second-order valence-electron chi connectivity index (χ2n) is 8.94. The Hall–Kier alpha value is -2.70. The first-order valence-electron chi connectivity index (χ1n) is 12.0. The van der Waals surface area contributed by atoms with Crippen molar-refractivity contribution in [3.63, 3.8) is 0 Å². The Morgan fingerprint density at radius 2 is 1.85 bits per heavy atom. The molecule has 0 bridgehead atoms. The summed E-state index contributed by atoms with van der Waals surface area (Å²) < 4.78 is 16.2. The number of phenols is 1. The maximum Gasteiger partial charge on any atom is 0.328 e. The molecule has 2 atom stereocenters. The number of ether oxygens (including phenoxy) is 3. The smallest absolute Gasteiger partial charge is 0.328 e. The van der Waals surface area contributed by atoms with Crippen molar-refractivity contribution >= 4 is 11.9 Å². The molecule has 0 radical (unpaired) electrons. The largest absolute Gasteiger partial charge is 0.504 e. The van der Waals surface area contributed by atoms with Gasteiger partial charge in [0.2, 0.25) is 11.7 Å². The van der Waals surface area contributed by atoms with Gasteiger partial charge in [-0.25, -0.2) is 4.79 Å². The van der Waals surface area contributed by atoms with E-state index in [9.17, 15) is 14.7 Å². The number of aromatic hydroxyl groups is 1. The molecule has 1 saturated heterocycles. The molecule has 1 N–H and O–H groups in total. The van der Waals surface area contributed by atoms with Gasteiger partial charge in [-0.15, -0.1) is 6.58 Å². The maximum absolute atomic E-state index is 14.1. The summed E-state index contributed by atoms with van der Waals surface area (Å²) in [7, 11) is 2.98. The lowest BCUT2D eigenvalue weighted by Crippen LogP contribution is -2.51. The molecule has 3 rings (SSSR count). The zero-order valence-electron chi connectivity index (χ0n) is 19.9. The molecule has 7 heteroatoms. The molecule has 1 amide bonds. The standard InChI is InChI=1S/C26H37NO6/c1-4-5-15-33-26(30)20-13-9-10-14-27(20)25(29)23(18-11-7-6-8-12-18)19-16-21(28)24(32-3)22(17-19)31-2/h4,16-18,20,23,28H,1,5-15H2,2-3H3/t20-,23-/m0/s1. The van der Waals surface area contributed by atoms with Crippen molar-refractivity contribution in [1.82, 2.24) is 4.90 Å². The molecule has 2 aliphatic rings. The van der Waals surface area contributed by atoms with E-state index in [1.165, 1.54) is 14.2 Å². The summed E-state index contributed by atoms with van der Waals surface area (Å²) in [5.74, 6) is -0.153. The Morgan fingerprint density at radius 1 is 1.12 bits per heavy atom. The van der Waals surface area contributed by atoms with Crippen molar-refractivity contribution in [3.8, 4) is 17.2 Å². The summed E-state index contributed by atoms with van der Waals surface area (Å²) in [5.41, 5.74) is 0.700. The van der Waals surface area contributed by atoms with Crippen molar-refractivity contribution in [1.29, 1.82) is 0 Å². The number of amides is 1. The van der Waals surface area contributed by atoms with Crippen LogP contribution in [0.5, 0.6) is 17.2 Å². The Bertz CT molecular complexity index is 832. The van der Waals surface area contributed by atoms with Crippen LogP contribution in [0.4, 0.5) is 0 Å². The van der Waals surface area contributed by atoms with Crippen LogP contribution in [0, 0.1) is 5.92 Å². The first-order valence-corrected chi connectivity index (χ1v) is 12.0. The minimum Gasteiger partial charge on any atom is -0.504 e. The number of carbonyl (C=O) groups excluding carboxylic acids is 2. The van der Waals surface area contributed by atoms with Crippen molar-refractivity contribution < 1.29 is 28.9 Å². The van der Waals surface area contributed by atoms with Crippen molar-refractivity contribution in [2.75, 3.05) is 27.4 Å². The van der Waals surface area contributed by atoms with Gasteiger partial charge in [0, 0.05) is 6.54 Å². The highest BCUT2D eigenvalue weighted by Crippen LogP contribution is 2.44. The van der Waals surface area contributed by atoms with E-state index >= 15 is 0 Å². The molecule has 182 valence electrons. The molecule has 0 unspecified atom stereocenters. The monoisotopic (exact) mass is 459 g/mol. The Kier molecular flexibility index (Phi) is 9.03. The summed E-state index contributed by atoms with van der Waals surface area (Å²) in [6.07, 6.45) is 9.82. The molecule has 1 aromatic rings. The average Bonchev–Trinajstić information content (AvgIpc) is 2.84. The zero-order chi connectivity index (χ0) is 23.8. The number of hydrogen-bond acceptors (Lipinski definition) is 6. The van der Waals surface area contributed by atoms with Crippen LogP contribution in [-0.4, -0.2) is 55.3 Å². The van der Waals surface area contributed by atoms with Gasteiger partial charge in [0.1, 0.15) is 6.04 Å². The number of phenolic OH excluding ortho intramolecular Hbond substituents is 1. The topological polar surface area (TPSA) is 85.3 Å². The lowest BCUT2D eigenvalue weighted by atomic mass is 9.75. The van der Waals surface area contributed by atoms with Gasteiger partial charge in [0.25, 0.3) is 0 Å². The number of esters is 1. The average molecular weight is 460 g/mol. The van der Waals surface area contributed by atoms with Crippen LogP contribution in [0.3, 0.4) is 0 Å². The molecule has 33 heavy (non-hydrogen) atoms. The van der Waals surface area contributed by atoms with Crippen molar-refractivity contribution in [2.24, 2.45) is 5.92 Å². The predicted molar refractivity (Wildman–Crippen MR) is 126 cm³/mol. The summed E-state index contributed by atoms with van der Waals surface area (Å²) in [5, 5.41) is 10.6. The number of benzene rings is 1. The highest BCUT2D eigenvalue weighted by atomic mass is 16.5. The molecule has 1 heterocycles. The lowest BCUT2D eigenvalue weighted by Gasteiger charge is -2.39. The fraction of sp³-hybridized carbons (Fsp3) is 0.615. The highest BCUT2D eigenvalue weighted by Gasteiger charge is 2.40. The molecule has 1 aliphatic heterocycles. The molecule has 7 nitrogen and oxygen atoms in total. The van der Waals surface area contributed by atoms with E-state index in [-0.39, 0.29) is 35.9 Å². The van der Waals surface area contributed by atoms with E-state index < -0.39 is 12.0 Å². The number of likely N-dealkylation sites (tertiary alicyclic amines) is 1. The molecular weight excluding hydrogens is 422 g/mol. The van der Waals surface area contributed by atoms with Crippen LogP contribution in [0.2, 0.25) is 0 Å². The Morgan fingerprint density at radius 3 is 2.52 bits per heavy atom. The van der Waals surface area contributed by atoms with E-state index in [1.54, 1.807) is 23.1 Å². The summed E-state index contributed by atoms with van der Waals surface area (Å²) >= 11 is 0. The molecule has 0 spiro atoms. The van der Waals surface area contributed by atoms with E-state index in [1.807, 2.05) is 0 Å². The van der Waals surface area contributed by atoms with Gasteiger partial charge in [-0.05, 0) is 62.1 Å². The van der Waals surface area contributed by atoms with Crippen LogP contribution in [0.1, 0.15) is 69.3 Å². The lowest BCUT2D eigenvalue weighted by molar-refractivity contribution is -0.158. The van der Waals surface area contributed by atoms with E-state index in [0.717, 1.165) is 44.9 Å². The van der Waals surface area contributed by atoms with Gasteiger partial charge in [-0.2, -0.15) is 0 Å². The Balaban J connectivity index is 1.94. The van der Waals surface area contributed by atoms with Crippen molar-refractivity contribution in [2.45, 2.75) is 69.7 Å². The van der Waals surface area contributed by atoms with E-state index in [2.05, 4.69) is 6.58 Å². The second-order valence-corrected chi connectivity index (χ2v) is 8.94. The number of rotatable bonds is 9. The third-order valence-corrected chi connectivity index (χ3v) is 6.85. The van der Waals surface area contributed by atoms with Gasteiger partial charge in [0.15, 0.2) is 11.5 Å². The third kappa shape index (κ3) is 5.81. The van der Waals surface area contributed by atoms with Gasteiger partial charge in [-0.3, -0.25) is 4.79 Å². The van der Waals surface area contributed by atoms with E-state index in [0.29, 0.717) is 30.7 Å². The minimum absolute atomic E-state index is 0.0560. The van der Waals surface area contributed by atoms with Crippen molar-refractivity contribution in [3.05, 3.63) is 30.4 Å². The maximum atomic E-state index is 14.1. The molecule has 1 aliphatic carbocycles. The van der Waals surface area contributed by atoms with Crippen LogP contribution in [0.25, 0.3) is 0 Å². The zero-order valence-corrected chi connectivity index (χ0v) is 19.9. The van der Waals surface area contributed by atoms with Gasteiger partial charge < -0.3 is 24.2 Å². The predicted octanol–water partition coefficient (Wildman–Crippen LogP) is 4.57. The number of piperidine rings is 1. The van der Waals surface area contributed by atoms with Crippen LogP contribution in [0.15, 0.2) is 24.8 Å². The first kappa shape index (κ1) is 24.9. The van der Waals surface area contributed by atoms with Crippen LogP contribution < -0.4 is 9.47 Å². The number of methoxy groups -OCH3 is 2. The van der Waals surface area contributed by atoms with E-state index in [4.69, 9.17) is 14.2 Å². The SMILES string of the molecule is C=CCCOC(=O)[C@@H]1CCCCN1C(=O)[C@H](c1cc(O)c(OC)c(OC)c1)C1CCCCC1. The van der Waals surface area contributed by atoms with Gasteiger partial charge in [-0.1, -0.05) is 25.3 Å². The third-order valence-electron chi connectivity index (χ3n) is 6.85. The van der Waals surface area contributed by atoms with Crippen LogP contribution >= 0.6 is 0 Å². The summed E-state index contributed by atoms with van der Waals surface area (Å²) in [6, 6.07) is 2.83. The normalized spacial score (nSPS) is 20.1. The summed E-state index contributed by atoms with van der Waals surface area (Å²) in [6.45, 7) is 4.46. The van der Waals surface area contributed by atoms with Gasteiger partial charge in [0.05, 0.1) is 26.7 Å². The number of hydrogen-bond donors (Lipinski definition) is 1. The fourth-order valence-corrected chi connectivity index (χ4v) is 5.19. The van der Waals surface area contributed by atoms with Gasteiger partial charge >= 0.3 is 5.97 Å². The Labute approximate surface area is 196 Å². The second kappa shape index (κ2) is 12.0. The fourth-order valence-electron chi connectivity index (χ4n) is 5.19. The minimum atomic E-state index is -0.573. The molecule has 2 fully saturated rings. The molecule has 0 aromatic heterocycles.